The van der Waals surface area contributed by atoms with Crippen molar-refractivity contribution in [2.75, 3.05) is 6.61 Å². The molecule has 120 valence electrons. The number of amides is 2. The number of nitrogens with one attached hydrogen (secondary N) is 2. The van der Waals surface area contributed by atoms with E-state index in [-0.39, 0.29) is 12.5 Å². The lowest BCUT2D eigenvalue weighted by atomic mass is 10.1. The number of aryl methyl sites for hydroxylation is 2. The van der Waals surface area contributed by atoms with E-state index in [1.54, 1.807) is 18.2 Å². The van der Waals surface area contributed by atoms with Crippen molar-refractivity contribution in [3.05, 3.63) is 65.2 Å². The molecule has 0 fully saturated rings. The van der Waals surface area contributed by atoms with E-state index in [2.05, 4.69) is 10.9 Å². The summed E-state index contributed by atoms with van der Waals surface area (Å²) in [4.78, 5) is 23.6. The topological polar surface area (TPSA) is 67.4 Å². The first-order valence-corrected chi connectivity index (χ1v) is 7.46. The van der Waals surface area contributed by atoms with Crippen LogP contribution < -0.4 is 15.6 Å². The van der Waals surface area contributed by atoms with Crippen molar-refractivity contribution in [1.29, 1.82) is 0 Å². The van der Waals surface area contributed by atoms with Crippen LogP contribution in [0.25, 0.3) is 0 Å². The van der Waals surface area contributed by atoms with E-state index in [9.17, 15) is 9.59 Å². The summed E-state index contributed by atoms with van der Waals surface area (Å²) in [7, 11) is 0. The number of hydrazine groups is 1. The fraction of sp³-hybridized carbons (Fsp3) is 0.222. The first-order chi connectivity index (χ1) is 11.1. The lowest BCUT2D eigenvalue weighted by Crippen LogP contribution is -2.43. The van der Waals surface area contributed by atoms with Crippen LogP contribution >= 0.6 is 0 Å². The second-order valence-electron chi connectivity index (χ2n) is 5.16. The molecular formula is C18H20N2O3. The third kappa shape index (κ3) is 5.14. The molecule has 0 radical (unpaired) electrons. The van der Waals surface area contributed by atoms with Gasteiger partial charge in [-0.25, -0.2) is 0 Å². The number of benzene rings is 2. The summed E-state index contributed by atoms with van der Waals surface area (Å²) in [5.74, 6) is -0.178. The molecular weight excluding hydrogens is 292 g/mol. The number of hydrogen-bond donors (Lipinski definition) is 2. The Morgan fingerprint density at radius 1 is 1.04 bits per heavy atom. The minimum absolute atomic E-state index is 0.168. The van der Waals surface area contributed by atoms with Crippen LogP contribution in [0.2, 0.25) is 0 Å². The average Bonchev–Trinajstić information content (AvgIpc) is 2.58. The highest BCUT2D eigenvalue weighted by Gasteiger charge is 2.08. The molecule has 0 unspecified atom stereocenters. The van der Waals surface area contributed by atoms with Gasteiger partial charge in [-0.2, -0.15) is 0 Å². The molecule has 2 rings (SSSR count). The third-order valence-corrected chi connectivity index (χ3v) is 3.30. The number of hydrogen-bond acceptors (Lipinski definition) is 3. The quantitative estimate of drug-likeness (QED) is 0.833. The van der Waals surface area contributed by atoms with Gasteiger partial charge in [-0.3, -0.25) is 20.4 Å². The number of carbonyl (C=O) groups excluding carboxylic acids is 2. The molecule has 5 nitrogen and oxygen atoms in total. The van der Waals surface area contributed by atoms with Crippen LogP contribution in [0.5, 0.6) is 5.75 Å². The van der Waals surface area contributed by atoms with Crippen molar-refractivity contribution in [3.63, 3.8) is 0 Å². The normalized spacial score (nSPS) is 10.0. The number of carbonyl (C=O) groups is 2. The summed E-state index contributed by atoms with van der Waals surface area (Å²) in [6, 6.07) is 14.6. The van der Waals surface area contributed by atoms with Crippen molar-refractivity contribution in [3.8, 4) is 5.75 Å². The second kappa shape index (κ2) is 7.98. The van der Waals surface area contributed by atoms with Crippen LogP contribution in [0, 0.1) is 6.92 Å². The first-order valence-electron chi connectivity index (χ1n) is 7.46. The minimum atomic E-state index is -0.426. The highest BCUT2D eigenvalue weighted by atomic mass is 16.5. The molecule has 0 aliphatic heterocycles. The van der Waals surface area contributed by atoms with Crippen molar-refractivity contribution in [2.24, 2.45) is 0 Å². The molecule has 23 heavy (non-hydrogen) atoms. The standard InChI is InChI=1S/C18H20N2O3/c1-3-14-7-9-15(10-8-14)18(22)20-19-17(21)12-23-16-6-4-5-13(2)11-16/h4-11H,3,12H2,1-2H3,(H,19,21)(H,20,22). The van der Waals surface area contributed by atoms with E-state index in [1.807, 2.05) is 44.2 Å². The molecule has 2 N–H and O–H groups in total. The molecule has 0 aromatic heterocycles. The van der Waals surface area contributed by atoms with Gasteiger partial charge in [0.05, 0.1) is 0 Å². The highest BCUT2D eigenvalue weighted by Crippen LogP contribution is 2.11. The summed E-state index contributed by atoms with van der Waals surface area (Å²) in [5, 5.41) is 0. The van der Waals surface area contributed by atoms with Gasteiger partial charge in [-0.05, 0) is 48.7 Å². The molecule has 5 heteroatoms. The number of rotatable bonds is 5. The van der Waals surface area contributed by atoms with E-state index >= 15 is 0 Å². The molecule has 2 amide bonds. The lowest BCUT2D eigenvalue weighted by molar-refractivity contribution is -0.123. The van der Waals surface area contributed by atoms with Gasteiger partial charge < -0.3 is 4.74 Å². The second-order valence-corrected chi connectivity index (χ2v) is 5.16. The van der Waals surface area contributed by atoms with Crippen LogP contribution in [-0.4, -0.2) is 18.4 Å². The van der Waals surface area contributed by atoms with Crippen molar-refractivity contribution in [1.82, 2.24) is 10.9 Å². The maximum absolute atomic E-state index is 11.9. The molecule has 0 spiro atoms. The Hall–Kier alpha value is -2.82. The zero-order chi connectivity index (χ0) is 16.7. The van der Waals surface area contributed by atoms with Gasteiger partial charge in [-0.1, -0.05) is 31.2 Å². The summed E-state index contributed by atoms with van der Waals surface area (Å²) < 4.78 is 5.35. The summed E-state index contributed by atoms with van der Waals surface area (Å²) in [6.45, 7) is 3.82. The van der Waals surface area contributed by atoms with Gasteiger partial charge in [0.25, 0.3) is 11.8 Å². The van der Waals surface area contributed by atoms with Crippen molar-refractivity contribution in [2.45, 2.75) is 20.3 Å². The van der Waals surface area contributed by atoms with Gasteiger partial charge in [0.1, 0.15) is 5.75 Å². The average molecular weight is 312 g/mol. The predicted molar refractivity (Wildman–Crippen MR) is 88.1 cm³/mol. The Labute approximate surface area is 135 Å². The van der Waals surface area contributed by atoms with Gasteiger partial charge in [-0.15, -0.1) is 0 Å². The summed E-state index contributed by atoms with van der Waals surface area (Å²) >= 11 is 0. The Morgan fingerprint density at radius 2 is 1.78 bits per heavy atom. The maximum atomic E-state index is 11.9. The molecule has 0 saturated carbocycles. The summed E-state index contributed by atoms with van der Waals surface area (Å²) in [5.41, 5.74) is 7.38. The fourth-order valence-electron chi connectivity index (χ4n) is 1.98. The fourth-order valence-corrected chi connectivity index (χ4v) is 1.98. The van der Waals surface area contributed by atoms with Gasteiger partial charge in [0.2, 0.25) is 0 Å². The lowest BCUT2D eigenvalue weighted by Gasteiger charge is -2.09. The van der Waals surface area contributed by atoms with Crippen molar-refractivity contribution >= 4 is 11.8 Å². The monoisotopic (exact) mass is 312 g/mol. The van der Waals surface area contributed by atoms with E-state index in [1.165, 1.54) is 0 Å². The third-order valence-electron chi connectivity index (χ3n) is 3.30. The smallest absolute Gasteiger partial charge is 0.276 e. The first kappa shape index (κ1) is 16.5. The minimum Gasteiger partial charge on any atom is -0.484 e. The van der Waals surface area contributed by atoms with Crippen LogP contribution in [0.3, 0.4) is 0 Å². The molecule has 0 saturated heterocycles. The van der Waals surface area contributed by atoms with E-state index < -0.39 is 5.91 Å². The molecule has 2 aromatic carbocycles. The van der Waals surface area contributed by atoms with Gasteiger partial charge in [0.15, 0.2) is 6.61 Å². The van der Waals surface area contributed by atoms with E-state index in [0.717, 1.165) is 17.5 Å². The Kier molecular flexibility index (Phi) is 5.74. The SMILES string of the molecule is CCc1ccc(C(=O)NNC(=O)COc2cccc(C)c2)cc1. The Morgan fingerprint density at radius 3 is 2.43 bits per heavy atom. The number of ether oxygens (including phenoxy) is 1. The van der Waals surface area contributed by atoms with Crippen molar-refractivity contribution < 1.29 is 14.3 Å². The van der Waals surface area contributed by atoms with Gasteiger partial charge >= 0.3 is 0 Å². The van der Waals surface area contributed by atoms with Crippen LogP contribution in [0.1, 0.15) is 28.4 Å². The predicted octanol–water partition coefficient (Wildman–Crippen LogP) is 2.40. The zero-order valence-corrected chi connectivity index (χ0v) is 13.3. The maximum Gasteiger partial charge on any atom is 0.276 e. The van der Waals surface area contributed by atoms with Crippen LogP contribution in [0.4, 0.5) is 0 Å². The molecule has 2 aromatic rings. The van der Waals surface area contributed by atoms with Crippen LogP contribution in [0.15, 0.2) is 48.5 Å². The van der Waals surface area contributed by atoms with Crippen LogP contribution in [-0.2, 0) is 11.2 Å². The Balaban J connectivity index is 1.78. The Bertz CT molecular complexity index is 681. The molecule has 0 atom stereocenters. The van der Waals surface area contributed by atoms with Gasteiger partial charge in [0, 0.05) is 5.56 Å². The largest absolute Gasteiger partial charge is 0.484 e. The molecule has 0 bridgehead atoms. The molecule has 0 heterocycles. The molecule has 0 aliphatic carbocycles. The zero-order valence-electron chi connectivity index (χ0n) is 13.3. The highest BCUT2D eigenvalue weighted by molar-refractivity contribution is 5.95. The summed E-state index contributed by atoms with van der Waals surface area (Å²) in [6.07, 6.45) is 0.912. The molecule has 0 aliphatic rings. The van der Waals surface area contributed by atoms with E-state index in [0.29, 0.717) is 11.3 Å². The van der Waals surface area contributed by atoms with E-state index in [4.69, 9.17) is 4.74 Å².